The van der Waals surface area contributed by atoms with Crippen LogP contribution in [-0.2, 0) is 6.42 Å². The van der Waals surface area contributed by atoms with Gasteiger partial charge >= 0.3 is 6.03 Å². The first kappa shape index (κ1) is 10.6. The summed E-state index contributed by atoms with van der Waals surface area (Å²) in [7, 11) is 1.96. The summed E-state index contributed by atoms with van der Waals surface area (Å²) in [5.41, 5.74) is 7.42. The largest absolute Gasteiger partial charge is 0.493 e. The van der Waals surface area contributed by atoms with Crippen LogP contribution < -0.4 is 20.7 Å². The van der Waals surface area contributed by atoms with Crippen molar-refractivity contribution in [1.82, 2.24) is 5.32 Å². The summed E-state index contributed by atoms with van der Waals surface area (Å²) in [6, 6.07) is 3.52. The summed E-state index contributed by atoms with van der Waals surface area (Å²) >= 11 is 1.60. The lowest BCUT2D eigenvalue weighted by molar-refractivity contribution is 0.248. The van der Waals surface area contributed by atoms with Crippen molar-refractivity contribution < 1.29 is 9.53 Å². The Morgan fingerprint density at radius 3 is 3.24 bits per heavy atom. The summed E-state index contributed by atoms with van der Waals surface area (Å²) in [6.45, 7) is 0.734. The molecule has 0 spiro atoms. The Balaban J connectivity index is 1.97. The van der Waals surface area contributed by atoms with Crippen molar-refractivity contribution in [2.75, 3.05) is 18.6 Å². The van der Waals surface area contributed by atoms with E-state index in [9.17, 15) is 4.79 Å². The van der Waals surface area contributed by atoms with E-state index in [1.165, 1.54) is 5.56 Å². The fourth-order valence-corrected chi connectivity index (χ4v) is 3.49. The predicted octanol–water partition coefficient (Wildman–Crippen LogP) is 1.12. The average Bonchev–Trinajstić information content (AvgIpc) is 2.83. The lowest BCUT2D eigenvalue weighted by Crippen LogP contribution is -2.44. The van der Waals surface area contributed by atoms with Gasteiger partial charge in [-0.25, -0.2) is 4.79 Å². The van der Waals surface area contributed by atoms with Crippen LogP contribution in [0.1, 0.15) is 5.56 Å². The van der Waals surface area contributed by atoms with Crippen LogP contribution in [0.4, 0.5) is 10.5 Å². The van der Waals surface area contributed by atoms with E-state index < -0.39 is 6.03 Å². The SMILES string of the molecule is CN1c2c(ccc3c2CCO3)SC1NC(N)=O. The molecule has 0 saturated heterocycles. The number of amides is 2. The van der Waals surface area contributed by atoms with Crippen LogP contribution in [0.3, 0.4) is 0 Å². The van der Waals surface area contributed by atoms with Crippen molar-refractivity contribution in [3.63, 3.8) is 0 Å². The molecule has 90 valence electrons. The van der Waals surface area contributed by atoms with E-state index in [1.807, 2.05) is 24.1 Å². The number of rotatable bonds is 1. The van der Waals surface area contributed by atoms with E-state index in [0.717, 1.165) is 29.4 Å². The first-order chi connectivity index (χ1) is 8.16. The number of nitrogens with zero attached hydrogens (tertiary/aromatic N) is 1. The zero-order valence-electron chi connectivity index (χ0n) is 9.40. The van der Waals surface area contributed by atoms with Crippen LogP contribution in [0.25, 0.3) is 0 Å². The molecule has 2 heterocycles. The molecule has 1 aromatic rings. The Morgan fingerprint density at radius 2 is 2.47 bits per heavy atom. The number of hydrogen-bond donors (Lipinski definition) is 2. The molecular weight excluding hydrogens is 238 g/mol. The maximum absolute atomic E-state index is 10.9. The molecule has 0 aliphatic carbocycles. The number of carbonyl (C=O) groups excluding carboxylic acids is 1. The molecule has 0 aromatic heterocycles. The first-order valence-corrected chi connectivity index (χ1v) is 6.29. The monoisotopic (exact) mass is 251 g/mol. The first-order valence-electron chi connectivity index (χ1n) is 5.41. The van der Waals surface area contributed by atoms with Crippen LogP contribution in [0.15, 0.2) is 17.0 Å². The Morgan fingerprint density at radius 1 is 1.65 bits per heavy atom. The summed E-state index contributed by atoms with van der Waals surface area (Å²) < 4.78 is 5.54. The fourth-order valence-electron chi connectivity index (χ4n) is 2.28. The highest BCUT2D eigenvalue weighted by molar-refractivity contribution is 8.00. The van der Waals surface area contributed by atoms with E-state index in [0.29, 0.717) is 0 Å². The van der Waals surface area contributed by atoms with Gasteiger partial charge in [0.15, 0.2) is 5.50 Å². The normalized spacial score (nSPS) is 20.8. The van der Waals surface area contributed by atoms with Gasteiger partial charge in [-0.15, -0.1) is 0 Å². The van der Waals surface area contributed by atoms with Gasteiger partial charge in [-0.05, 0) is 12.1 Å². The molecule has 2 aliphatic heterocycles. The van der Waals surface area contributed by atoms with Crippen molar-refractivity contribution in [2.45, 2.75) is 16.8 Å². The fraction of sp³-hybridized carbons (Fsp3) is 0.364. The van der Waals surface area contributed by atoms with Crippen LogP contribution in [0.5, 0.6) is 5.75 Å². The molecule has 0 saturated carbocycles. The Kier molecular flexibility index (Phi) is 2.32. The zero-order valence-corrected chi connectivity index (χ0v) is 10.2. The molecule has 3 rings (SSSR count). The molecule has 0 bridgehead atoms. The highest BCUT2D eigenvalue weighted by Gasteiger charge is 2.33. The number of primary amides is 1. The molecule has 0 fully saturated rings. The van der Waals surface area contributed by atoms with Crippen molar-refractivity contribution in [1.29, 1.82) is 0 Å². The second-order valence-electron chi connectivity index (χ2n) is 4.08. The summed E-state index contributed by atoms with van der Waals surface area (Å²) in [5.74, 6) is 0.955. The predicted molar refractivity (Wildman–Crippen MR) is 66.4 cm³/mol. The maximum Gasteiger partial charge on any atom is 0.314 e. The lowest BCUT2D eigenvalue weighted by atomic mass is 10.1. The Bertz CT molecular complexity index is 492. The maximum atomic E-state index is 10.9. The number of carbonyl (C=O) groups is 1. The number of ether oxygens (including phenoxy) is 1. The second kappa shape index (κ2) is 3.73. The molecule has 6 heteroatoms. The average molecular weight is 251 g/mol. The van der Waals surface area contributed by atoms with Gasteiger partial charge in [0.2, 0.25) is 0 Å². The van der Waals surface area contributed by atoms with Crippen molar-refractivity contribution in [2.24, 2.45) is 5.73 Å². The third kappa shape index (κ3) is 1.59. The van der Waals surface area contributed by atoms with E-state index in [-0.39, 0.29) is 5.50 Å². The lowest BCUT2D eigenvalue weighted by Gasteiger charge is -2.22. The van der Waals surface area contributed by atoms with Crippen LogP contribution in [0, 0.1) is 0 Å². The Hall–Kier alpha value is -1.56. The minimum Gasteiger partial charge on any atom is -0.493 e. The summed E-state index contributed by atoms with van der Waals surface area (Å²) in [5, 5.41) is 2.72. The van der Waals surface area contributed by atoms with Gasteiger partial charge in [0, 0.05) is 23.9 Å². The van der Waals surface area contributed by atoms with Gasteiger partial charge in [0.05, 0.1) is 12.3 Å². The molecule has 1 atom stereocenters. The topological polar surface area (TPSA) is 67.6 Å². The van der Waals surface area contributed by atoms with Crippen molar-refractivity contribution in [3.8, 4) is 5.75 Å². The van der Waals surface area contributed by atoms with Gasteiger partial charge in [-0.3, -0.25) is 0 Å². The number of fused-ring (bicyclic) bond motifs is 3. The van der Waals surface area contributed by atoms with E-state index >= 15 is 0 Å². The number of nitrogens with two attached hydrogens (primary N) is 1. The molecule has 17 heavy (non-hydrogen) atoms. The molecular formula is C11H13N3O2S. The third-order valence-corrected chi connectivity index (χ3v) is 4.26. The molecule has 5 nitrogen and oxygen atoms in total. The third-order valence-electron chi connectivity index (χ3n) is 3.02. The number of hydrogen-bond acceptors (Lipinski definition) is 4. The van der Waals surface area contributed by atoms with Gasteiger partial charge in [0.1, 0.15) is 5.75 Å². The van der Waals surface area contributed by atoms with E-state index in [2.05, 4.69) is 5.32 Å². The van der Waals surface area contributed by atoms with Crippen LogP contribution in [0.2, 0.25) is 0 Å². The number of urea groups is 1. The van der Waals surface area contributed by atoms with Gasteiger partial charge in [-0.1, -0.05) is 11.8 Å². The van der Waals surface area contributed by atoms with Gasteiger partial charge < -0.3 is 20.7 Å². The van der Waals surface area contributed by atoms with Crippen molar-refractivity contribution in [3.05, 3.63) is 17.7 Å². The highest BCUT2D eigenvalue weighted by Crippen LogP contribution is 2.47. The molecule has 1 unspecified atom stereocenters. The number of benzene rings is 1. The molecule has 1 aromatic carbocycles. The number of thioether (sulfide) groups is 1. The molecule has 0 radical (unpaired) electrons. The second-order valence-corrected chi connectivity index (χ2v) is 5.20. The standard InChI is InChI=1S/C11H13N3O2S/c1-14-9-6-4-5-16-7(6)2-3-8(9)17-11(14)13-10(12)15/h2-3,11H,4-5H2,1H3,(H3,12,13,15). The molecule has 2 amide bonds. The smallest absolute Gasteiger partial charge is 0.314 e. The van der Waals surface area contributed by atoms with Gasteiger partial charge in [-0.2, -0.15) is 0 Å². The van der Waals surface area contributed by atoms with Gasteiger partial charge in [0.25, 0.3) is 0 Å². The van der Waals surface area contributed by atoms with E-state index in [4.69, 9.17) is 10.5 Å². The molecule has 3 N–H and O–H groups in total. The number of anilines is 1. The summed E-state index contributed by atoms with van der Waals surface area (Å²) in [4.78, 5) is 14.1. The van der Waals surface area contributed by atoms with E-state index in [1.54, 1.807) is 11.8 Å². The Labute approximate surface area is 103 Å². The quantitative estimate of drug-likeness (QED) is 0.784. The van der Waals surface area contributed by atoms with Crippen molar-refractivity contribution >= 4 is 23.5 Å². The minimum absolute atomic E-state index is 0.130. The highest BCUT2D eigenvalue weighted by atomic mass is 32.2. The zero-order chi connectivity index (χ0) is 12.0. The van der Waals surface area contributed by atoms with Crippen LogP contribution >= 0.6 is 11.8 Å². The summed E-state index contributed by atoms with van der Waals surface area (Å²) in [6.07, 6.45) is 0.923. The number of nitrogens with one attached hydrogen (secondary N) is 1. The van der Waals surface area contributed by atoms with Crippen LogP contribution in [-0.4, -0.2) is 25.2 Å². The minimum atomic E-state index is -0.505. The molecule has 2 aliphatic rings.